The van der Waals surface area contributed by atoms with E-state index in [0.717, 1.165) is 10.6 Å². The smallest absolute Gasteiger partial charge is 0.197 e. The highest BCUT2D eigenvalue weighted by atomic mass is 32.1. The summed E-state index contributed by atoms with van der Waals surface area (Å²) in [6.07, 6.45) is 4.63. The number of anilines is 1. The third-order valence-corrected chi connectivity index (χ3v) is 2.87. The monoisotopic (exact) mass is 234 g/mol. The Bertz CT molecular complexity index is 500. The number of thiophene rings is 1. The van der Waals surface area contributed by atoms with Gasteiger partial charge in [0, 0.05) is 12.3 Å². The first-order chi connectivity index (χ1) is 7.77. The first-order valence-corrected chi connectivity index (χ1v) is 5.57. The van der Waals surface area contributed by atoms with E-state index < -0.39 is 0 Å². The summed E-state index contributed by atoms with van der Waals surface area (Å²) in [5.41, 5.74) is 0.759. The summed E-state index contributed by atoms with van der Waals surface area (Å²) in [6.45, 7) is 1.80. The van der Waals surface area contributed by atoms with Crippen LogP contribution in [-0.2, 0) is 0 Å². The van der Waals surface area contributed by atoms with E-state index in [1.165, 1.54) is 17.4 Å². The Morgan fingerprint density at radius 2 is 2.50 bits per heavy atom. The average molecular weight is 234 g/mol. The fourth-order valence-corrected chi connectivity index (χ4v) is 1.79. The minimum atomic E-state index is -0.0170. The van der Waals surface area contributed by atoms with E-state index in [4.69, 9.17) is 4.52 Å². The van der Waals surface area contributed by atoms with Gasteiger partial charge in [0.25, 0.3) is 0 Å². The standard InChI is InChI=1S/C11H10N2O2S/c1-8-9(7-13-15-8)12-5-4-10(14)11-3-2-6-16-11/h2-7,12H,1H3/b5-4+. The fraction of sp³-hybridized carbons (Fsp3) is 0.0909. The topological polar surface area (TPSA) is 55.1 Å². The van der Waals surface area contributed by atoms with Crippen LogP contribution in [0, 0.1) is 6.92 Å². The van der Waals surface area contributed by atoms with Crippen molar-refractivity contribution in [1.82, 2.24) is 5.16 Å². The highest BCUT2D eigenvalue weighted by molar-refractivity contribution is 7.12. The van der Waals surface area contributed by atoms with Gasteiger partial charge in [-0.25, -0.2) is 0 Å². The number of hydrogen-bond acceptors (Lipinski definition) is 5. The molecule has 2 aromatic rings. The molecule has 16 heavy (non-hydrogen) atoms. The molecule has 0 unspecified atom stereocenters. The van der Waals surface area contributed by atoms with E-state index in [0.29, 0.717) is 5.76 Å². The summed E-state index contributed by atoms with van der Waals surface area (Å²) in [7, 11) is 0. The molecule has 1 N–H and O–H groups in total. The van der Waals surface area contributed by atoms with Crippen molar-refractivity contribution in [2.24, 2.45) is 0 Å². The lowest BCUT2D eigenvalue weighted by Gasteiger charge is -1.94. The van der Waals surface area contributed by atoms with Gasteiger partial charge in [0.2, 0.25) is 0 Å². The summed E-state index contributed by atoms with van der Waals surface area (Å²) in [4.78, 5) is 12.3. The molecule has 0 aromatic carbocycles. The zero-order chi connectivity index (χ0) is 11.4. The molecule has 0 spiro atoms. The molecule has 0 amide bonds. The average Bonchev–Trinajstić information content (AvgIpc) is 2.90. The lowest BCUT2D eigenvalue weighted by Crippen LogP contribution is -1.93. The lowest BCUT2D eigenvalue weighted by atomic mass is 10.3. The Labute approximate surface area is 96.6 Å². The van der Waals surface area contributed by atoms with E-state index in [-0.39, 0.29) is 5.78 Å². The van der Waals surface area contributed by atoms with Gasteiger partial charge in [0.05, 0.1) is 11.1 Å². The normalized spacial score (nSPS) is 10.8. The number of hydrogen-bond donors (Lipinski definition) is 1. The molecule has 4 nitrogen and oxygen atoms in total. The van der Waals surface area contributed by atoms with Gasteiger partial charge in [0.15, 0.2) is 11.5 Å². The molecule has 0 aliphatic heterocycles. The molecule has 2 rings (SSSR count). The zero-order valence-corrected chi connectivity index (χ0v) is 9.45. The summed E-state index contributed by atoms with van der Waals surface area (Å²) in [6, 6.07) is 3.64. The van der Waals surface area contributed by atoms with Crippen LogP contribution in [0.15, 0.2) is 40.5 Å². The van der Waals surface area contributed by atoms with E-state index in [1.54, 1.807) is 25.4 Å². The number of carbonyl (C=O) groups is 1. The predicted molar refractivity (Wildman–Crippen MR) is 62.7 cm³/mol. The van der Waals surface area contributed by atoms with E-state index in [1.807, 2.05) is 11.4 Å². The fourth-order valence-electron chi connectivity index (χ4n) is 1.15. The van der Waals surface area contributed by atoms with E-state index >= 15 is 0 Å². The summed E-state index contributed by atoms with van der Waals surface area (Å²) in [5.74, 6) is 0.671. The second-order valence-corrected chi connectivity index (χ2v) is 4.06. The molecule has 0 radical (unpaired) electrons. The maximum atomic E-state index is 11.6. The molecule has 82 valence electrons. The molecular formula is C11H10N2O2S. The van der Waals surface area contributed by atoms with E-state index in [2.05, 4.69) is 10.5 Å². The number of nitrogens with zero attached hydrogens (tertiary/aromatic N) is 1. The molecule has 5 heteroatoms. The Hall–Kier alpha value is -1.88. The van der Waals surface area contributed by atoms with Crippen LogP contribution >= 0.6 is 11.3 Å². The highest BCUT2D eigenvalue weighted by Gasteiger charge is 2.02. The summed E-state index contributed by atoms with van der Waals surface area (Å²) >= 11 is 1.42. The van der Waals surface area contributed by atoms with Crippen LogP contribution in [0.2, 0.25) is 0 Å². The van der Waals surface area contributed by atoms with Gasteiger partial charge in [0.1, 0.15) is 5.69 Å². The van der Waals surface area contributed by atoms with Crippen LogP contribution in [0.4, 0.5) is 5.69 Å². The van der Waals surface area contributed by atoms with Crippen molar-refractivity contribution in [3.05, 3.63) is 46.6 Å². The number of ketones is 1. The van der Waals surface area contributed by atoms with Crippen molar-refractivity contribution < 1.29 is 9.32 Å². The molecule has 0 aliphatic rings. The first kappa shape index (κ1) is 10.6. The molecule has 2 heterocycles. The van der Waals surface area contributed by atoms with Gasteiger partial charge < -0.3 is 9.84 Å². The van der Waals surface area contributed by atoms with Crippen molar-refractivity contribution >= 4 is 22.8 Å². The number of carbonyl (C=O) groups excluding carboxylic acids is 1. The van der Waals surface area contributed by atoms with Gasteiger partial charge in [-0.15, -0.1) is 11.3 Å². The molecule has 0 fully saturated rings. The van der Waals surface area contributed by atoms with Gasteiger partial charge >= 0.3 is 0 Å². The molecule has 0 saturated carbocycles. The SMILES string of the molecule is Cc1oncc1N/C=C/C(=O)c1cccs1. The number of rotatable bonds is 4. The molecule has 0 atom stereocenters. The van der Waals surface area contributed by atoms with Gasteiger partial charge in [-0.2, -0.15) is 0 Å². The quantitative estimate of drug-likeness (QED) is 0.652. The van der Waals surface area contributed by atoms with Gasteiger partial charge in [-0.3, -0.25) is 4.79 Å². The predicted octanol–water partition coefficient (Wildman–Crippen LogP) is 2.85. The maximum absolute atomic E-state index is 11.6. The molecular weight excluding hydrogens is 224 g/mol. The molecule has 2 aromatic heterocycles. The Balaban J connectivity index is 1.96. The first-order valence-electron chi connectivity index (χ1n) is 4.69. The Morgan fingerprint density at radius 1 is 1.62 bits per heavy atom. The number of allylic oxidation sites excluding steroid dienone is 1. The molecule has 0 bridgehead atoms. The third-order valence-electron chi connectivity index (χ3n) is 1.99. The second-order valence-electron chi connectivity index (χ2n) is 3.11. The Kier molecular flexibility index (Phi) is 3.16. The Morgan fingerprint density at radius 3 is 3.12 bits per heavy atom. The van der Waals surface area contributed by atoms with Crippen molar-refractivity contribution in [1.29, 1.82) is 0 Å². The van der Waals surface area contributed by atoms with Crippen LogP contribution in [0.25, 0.3) is 0 Å². The van der Waals surface area contributed by atoms with Crippen LogP contribution in [0.5, 0.6) is 0 Å². The van der Waals surface area contributed by atoms with Crippen LogP contribution in [0.1, 0.15) is 15.4 Å². The van der Waals surface area contributed by atoms with Crippen LogP contribution in [0.3, 0.4) is 0 Å². The molecule has 0 aliphatic carbocycles. The minimum absolute atomic E-state index is 0.0170. The minimum Gasteiger partial charge on any atom is -0.359 e. The maximum Gasteiger partial charge on any atom is 0.197 e. The lowest BCUT2D eigenvalue weighted by molar-refractivity contribution is 0.105. The number of aromatic nitrogens is 1. The van der Waals surface area contributed by atoms with Gasteiger partial charge in [-0.1, -0.05) is 11.2 Å². The van der Waals surface area contributed by atoms with Crippen LogP contribution in [-0.4, -0.2) is 10.9 Å². The zero-order valence-electron chi connectivity index (χ0n) is 8.64. The van der Waals surface area contributed by atoms with Crippen molar-refractivity contribution in [3.8, 4) is 0 Å². The number of nitrogens with one attached hydrogen (secondary N) is 1. The van der Waals surface area contributed by atoms with Gasteiger partial charge in [-0.05, 0) is 18.4 Å². The van der Waals surface area contributed by atoms with Crippen molar-refractivity contribution in [2.75, 3.05) is 5.32 Å². The number of aryl methyl sites for hydroxylation is 1. The second kappa shape index (κ2) is 4.76. The largest absolute Gasteiger partial charge is 0.359 e. The van der Waals surface area contributed by atoms with E-state index in [9.17, 15) is 4.79 Å². The molecule has 0 saturated heterocycles. The highest BCUT2D eigenvalue weighted by Crippen LogP contribution is 2.13. The van der Waals surface area contributed by atoms with Crippen molar-refractivity contribution in [2.45, 2.75) is 6.92 Å². The summed E-state index contributed by atoms with van der Waals surface area (Å²) in [5, 5.41) is 8.42. The van der Waals surface area contributed by atoms with Crippen LogP contribution < -0.4 is 5.32 Å². The third kappa shape index (κ3) is 2.38. The van der Waals surface area contributed by atoms with Crippen molar-refractivity contribution in [3.63, 3.8) is 0 Å². The summed E-state index contributed by atoms with van der Waals surface area (Å²) < 4.78 is 4.87.